The van der Waals surface area contributed by atoms with Crippen LogP contribution in [-0.2, 0) is 4.74 Å². The van der Waals surface area contributed by atoms with Gasteiger partial charge in [-0.25, -0.2) is 0 Å². The molecule has 1 aliphatic rings. The highest BCUT2D eigenvalue weighted by atomic mass is 16.5. The van der Waals surface area contributed by atoms with Gasteiger partial charge in [-0.3, -0.25) is 4.79 Å². The van der Waals surface area contributed by atoms with E-state index in [1.54, 1.807) is 12.1 Å². The van der Waals surface area contributed by atoms with Crippen molar-refractivity contribution in [3.63, 3.8) is 0 Å². The van der Waals surface area contributed by atoms with Crippen LogP contribution >= 0.6 is 0 Å². The molecular weight excluding hydrogens is 278 g/mol. The number of carbonyl (C=O) groups is 1. The Hall–Kier alpha value is -1.39. The molecule has 2 atom stereocenters. The summed E-state index contributed by atoms with van der Waals surface area (Å²) in [6, 6.07) is 7.25. The van der Waals surface area contributed by atoms with E-state index in [1.165, 1.54) is 19.5 Å². The SMILES string of the molecule is C[C@H]1C[C@H](C)CN(CCOCCOc2ccccc2C=O)C1. The topological polar surface area (TPSA) is 38.8 Å². The quantitative estimate of drug-likeness (QED) is 0.547. The summed E-state index contributed by atoms with van der Waals surface area (Å²) in [7, 11) is 0. The Morgan fingerprint density at radius 2 is 1.86 bits per heavy atom. The van der Waals surface area contributed by atoms with E-state index in [-0.39, 0.29) is 0 Å². The zero-order chi connectivity index (χ0) is 15.8. The molecule has 122 valence electrons. The molecule has 0 unspecified atom stereocenters. The smallest absolute Gasteiger partial charge is 0.153 e. The number of para-hydroxylation sites is 1. The number of carbonyl (C=O) groups excluding carboxylic acids is 1. The van der Waals surface area contributed by atoms with E-state index in [9.17, 15) is 4.79 Å². The molecule has 1 aromatic carbocycles. The number of nitrogens with zero attached hydrogens (tertiary/aromatic N) is 1. The Labute approximate surface area is 133 Å². The summed E-state index contributed by atoms with van der Waals surface area (Å²) in [5.74, 6) is 2.19. The third-order valence-corrected chi connectivity index (χ3v) is 4.03. The average molecular weight is 305 g/mol. The van der Waals surface area contributed by atoms with E-state index in [4.69, 9.17) is 9.47 Å². The van der Waals surface area contributed by atoms with Gasteiger partial charge in [0.15, 0.2) is 6.29 Å². The molecule has 2 rings (SSSR count). The second-order valence-electron chi connectivity index (χ2n) is 6.32. The monoisotopic (exact) mass is 305 g/mol. The first-order valence-electron chi connectivity index (χ1n) is 8.16. The van der Waals surface area contributed by atoms with Gasteiger partial charge in [0.25, 0.3) is 0 Å². The van der Waals surface area contributed by atoms with Crippen molar-refractivity contribution in [2.75, 3.05) is 39.5 Å². The number of benzene rings is 1. The third-order valence-electron chi connectivity index (χ3n) is 4.03. The van der Waals surface area contributed by atoms with Crippen molar-refractivity contribution in [2.24, 2.45) is 11.8 Å². The molecule has 0 spiro atoms. The fourth-order valence-corrected chi connectivity index (χ4v) is 3.19. The molecule has 0 bridgehead atoms. The van der Waals surface area contributed by atoms with Gasteiger partial charge in [-0.1, -0.05) is 26.0 Å². The molecule has 1 fully saturated rings. The second-order valence-corrected chi connectivity index (χ2v) is 6.32. The Kier molecular flexibility index (Phi) is 6.87. The molecule has 4 nitrogen and oxygen atoms in total. The summed E-state index contributed by atoms with van der Waals surface area (Å²) in [5, 5.41) is 0. The Balaban J connectivity index is 1.59. The number of rotatable bonds is 8. The van der Waals surface area contributed by atoms with Crippen LogP contribution in [0.15, 0.2) is 24.3 Å². The maximum atomic E-state index is 10.9. The lowest BCUT2D eigenvalue weighted by atomic mass is 9.92. The molecule has 1 saturated heterocycles. The second kappa shape index (κ2) is 8.91. The van der Waals surface area contributed by atoms with Gasteiger partial charge in [-0.15, -0.1) is 0 Å². The number of piperidine rings is 1. The largest absolute Gasteiger partial charge is 0.490 e. The first-order valence-corrected chi connectivity index (χ1v) is 8.16. The lowest BCUT2D eigenvalue weighted by Crippen LogP contribution is -2.40. The molecule has 0 aliphatic carbocycles. The summed E-state index contributed by atoms with van der Waals surface area (Å²) < 4.78 is 11.2. The van der Waals surface area contributed by atoms with Crippen LogP contribution < -0.4 is 4.74 Å². The van der Waals surface area contributed by atoms with Gasteiger partial charge in [-0.2, -0.15) is 0 Å². The minimum Gasteiger partial charge on any atom is -0.490 e. The third kappa shape index (κ3) is 5.43. The van der Waals surface area contributed by atoms with Gasteiger partial charge in [0, 0.05) is 19.6 Å². The lowest BCUT2D eigenvalue weighted by Gasteiger charge is -2.34. The Morgan fingerprint density at radius 1 is 1.14 bits per heavy atom. The van der Waals surface area contributed by atoms with Crippen molar-refractivity contribution in [2.45, 2.75) is 20.3 Å². The fraction of sp³-hybridized carbons (Fsp3) is 0.611. The number of hydrogen-bond acceptors (Lipinski definition) is 4. The molecule has 22 heavy (non-hydrogen) atoms. The molecule has 0 radical (unpaired) electrons. The summed E-state index contributed by atoms with van der Waals surface area (Å²) in [4.78, 5) is 13.4. The van der Waals surface area contributed by atoms with Crippen LogP contribution in [0.2, 0.25) is 0 Å². The Bertz CT molecular complexity index is 453. The molecule has 0 N–H and O–H groups in total. The zero-order valence-corrected chi connectivity index (χ0v) is 13.7. The highest BCUT2D eigenvalue weighted by Gasteiger charge is 2.21. The van der Waals surface area contributed by atoms with Crippen LogP contribution in [0, 0.1) is 11.8 Å². The zero-order valence-electron chi connectivity index (χ0n) is 13.7. The predicted molar refractivity (Wildman–Crippen MR) is 87.5 cm³/mol. The fourth-order valence-electron chi connectivity index (χ4n) is 3.19. The van der Waals surface area contributed by atoms with E-state index in [1.807, 2.05) is 12.1 Å². The number of ether oxygens (including phenoxy) is 2. The van der Waals surface area contributed by atoms with Gasteiger partial charge in [0.05, 0.1) is 18.8 Å². The van der Waals surface area contributed by atoms with Gasteiger partial charge in [0.2, 0.25) is 0 Å². The minimum atomic E-state index is 0.470. The van der Waals surface area contributed by atoms with Crippen molar-refractivity contribution < 1.29 is 14.3 Å². The van der Waals surface area contributed by atoms with Crippen LogP contribution in [0.1, 0.15) is 30.6 Å². The van der Waals surface area contributed by atoms with Crippen LogP contribution in [0.5, 0.6) is 5.75 Å². The minimum absolute atomic E-state index is 0.470. The molecule has 0 saturated carbocycles. The number of likely N-dealkylation sites (tertiary alicyclic amines) is 1. The van der Waals surface area contributed by atoms with E-state index in [0.717, 1.165) is 31.3 Å². The maximum Gasteiger partial charge on any atom is 0.153 e. The molecule has 1 aliphatic heterocycles. The van der Waals surface area contributed by atoms with Crippen LogP contribution in [0.4, 0.5) is 0 Å². The van der Waals surface area contributed by atoms with Crippen LogP contribution in [0.25, 0.3) is 0 Å². The molecule has 4 heteroatoms. The summed E-state index contributed by atoms with van der Waals surface area (Å²) in [5.41, 5.74) is 0.582. The Morgan fingerprint density at radius 3 is 2.59 bits per heavy atom. The van der Waals surface area contributed by atoms with Gasteiger partial charge >= 0.3 is 0 Å². The maximum absolute atomic E-state index is 10.9. The van der Waals surface area contributed by atoms with E-state index < -0.39 is 0 Å². The molecule has 0 amide bonds. The van der Waals surface area contributed by atoms with E-state index in [0.29, 0.717) is 24.5 Å². The number of hydrogen-bond donors (Lipinski definition) is 0. The standard InChI is InChI=1S/C18H27NO3/c1-15-11-16(2)13-19(12-15)7-8-21-9-10-22-18-6-4-3-5-17(18)14-20/h3-6,14-16H,7-13H2,1-2H3/t15-,16-/m0/s1. The molecular formula is C18H27NO3. The summed E-state index contributed by atoms with van der Waals surface area (Å²) in [6.07, 6.45) is 2.15. The summed E-state index contributed by atoms with van der Waals surface area (Å²) in [6.45, 7) is 9.74. The molecule has 1 aromatic rings. The highest BCUT2D eigenvalue weighted by molar-refractivity contribution is 5.79. The van der Waals surface area contributed by atoms with Gasteiger partial charge in [0.1, 0.15) is 12.4 Å². The average Bonchev–Trinajstić information content (AvgIpc) is 2.50. The highest BCUT2D eigenvalue weighted by Crippen LogP contribution is 2.20. The first kappa shape index (κ1) is 17.0. The number of aldehydes is 1. The normalized spacial score (nSPS) is 22.5. The van der Waals surface area contributed by atoms with Crippen LogP contribution in [0.3, 0.4) is 0 Å². The van der Waals surface area contributed by atoms with Gasteiger partial charge in [-0.05, 0) is 30.4 Å². The predicted octanol–water partition coefficient (Wildman–Crippen LogP) is 2.87. The summed E-state index contributed by atoms with van der Waals surface area (Å²) >= 11 is 0. The van der Waals surface area contributed by atoms with Crippen molar-refractivity contribution >= 4 is 6.29 Å². The first-order chi connectivity index (χ1) is 10.7. The van der Waals surface area contributed by atoms with Gasteiger partial charge < -0.3 is 14.4 Å². The van der Waals surface area contributed by atoms with E-state index in [2.05, 4.69) is 18.7 Å². The van der Waals surface area contributed by atoms with Crippen LogP contribution in [-0.4, -0.2) is 50.6 Å². The molecule has 0 aromatic heterocycles. The van der Waals surface area contributed by atoms with Crippen molar-refractivity contribution in [3.8, 4) is 5.75 Å². The lowest BCUT2D eigenvalue weighted by molar-refractivity contribution is 0.0593. The van der Waals surface area contributed by atoms with Crippen molar-refractivity contribution in [1.82, 2.24) is 4.90 Å². The van der Waals surface area contributed by atoms with Crippen molar-refractivity contribution in [3.05, 3.63) is 29.8 Å². The molecule has 1 heterocycles. The van der Waals surface area contributed by atoms with E-state index >= 15 is 0 Å². The van der Waals surface area contributed by atoms with Crippen molar-refractivity contribution in [1.29, 1.82) is 0 Å².